The fourth-order valence-corrected chi connectivity index (χ4v) is 3.73. The first kappa shape index (κ1) is 14.8. The summed E-state index contributed by atoms with van der Waals surface area (Å²) in [5.41, 5.74) is 6.46. The van der Waals surface area contributed by atoms with Crippen molar-refractivity contribution in [3.05, 3.63) is 16.3 Å². The quantitative estimate of drug-likeness (QED) is 0.905. The van der Waals surface area contributed by atoms with Gasteiger partial charge in [0.05, 0.1) is 17.9 Å². The Labute approximate surface area is 129 Å². The lowest BCUT2D eigenvalue weighted by molar-refractivity contribution is 0.0311. The molecule has 2 fully saturated rings. The average Bonchev–Trinajstić information content (AvgIpc) is 3.19. The molecule has 2 aliphatic rings. The van der Waals surface area contributed by atoms with Gasteiger partial charge in [-0.2, -0.15) is 0 Å². The fourth-order valence-electron chi connectivity index (χ4n) is 2.95. The molecule has 0 aromatic carbocycles. The molecule has 2 saturated heterocycles. The summed E-state index contributed by atoms with van der Waals surface area (Å²) in [5.74, 6) is 0.00787. The molecular weight excluding hydrogens is 288 g/mol. The zero-order chi connectivity index (χ0) is 14.7. The van der Waals surface area contributed by atoms with E-state index in [4.69, 9.17) is 15.2 Å². The van der Waals surface area contributed by atoms with E-state index >= 15 is 0 Å². The third-order valence-electron chi connectivity index (χ3n) is 4.07. The molecule has 2 aliphatic heterocycles. The topological polar surface area (TPSA) is 64.8 Å². The van der Waals surface area contributed by atoms with Crippen LogP contribution < -0.4 is 5.73 Å². The van der Waals surface area contributed by atoms with Crippen molar-refractivity contribution in [2.24, 2.45) is 0 Å². The molecule has 6 heteroatoms. The molecule has 0 spiro atoms. The van der Waals surface area contributed by atoms with E-state index in [0.717, 1.165) is 38.9 Å². The lowest BCUT2D eigenvalue weighted by atomic mass is 10.2. The Balaban J connectivity index is 1.70. The van der Waals surface area contributed by atoms with Gasteiger partial charge in [0, 0.05) is 26.3 Å². The summed E-state index contributed by atoms with van der Waals surface area (Å²) < 4.78 is 11.4. The number of rotatable bonds is 5. The number of carbonyl (C=O) groups is 1. The molecular formula is C15H22N2O3S. The summed E-state index contributed by atoms with van der Waals surface area (Å²) in [4.78, 5) is 15.2. The second-order valence-electron chi connectivity index (χ2n) is 5.69. The molecule has 0 bridgehead atoms. The predicted molar refractivity (Wildman–Crippen MR) is 82.6 cm³/mol. The largest absolute Gasteiger partial charge is 0.397 e. The fraction of sp³-hybridized carbons (Fsp3) is 0.667. The Morgan fingerprint density at radius 3 is 2.29 bits per heavy atom. The summed E-state index contributed by atoms with van der Waals surface area (Å²) in [6.45, 7) is 2.87. The summed E-state index contributed by atoms with van der Waals surface area (Å²) in [5, 5.41) is 1.86. The van der Waals surface area contributed by atoms with Crippen LogP contribution in [0.2, 0.25) is 0 Å². The Morgan fingerprint density at radius 2 is 1.86 bits per heavy atom. The lowest BCUT2D eigenvalue weighted by Gasteiger charge is -2.27. The van der Waals surface area contributed by atoms with E-state index in [1.165, 1.54) is 11.3 Å². The van der Waals surface area contributed by atoms with E-state index in [0.29, 0.717) is 23.7 Å². The number of amides is 1. The van der Waals surface area contributed by atoms with Crippen molar-refractivity contribution in [3.63, 3.8) is 0 Å². The van der Waals surface area contributed by atoms with Crippen molar-refractivity contribution < 1.29 is 14.3 Å². The first-order valence-electron chi connectivity index (χ1n) is 7.59. The van der Waals surface area contributed by atoms with Crippen LogP contribution in [0.1, 0.15) is 35.4 Å². The molecule has 116 valence electrons. The summed E-state index contributed by atoms with van der Waals surface area (Å²) in [6.07, 6.45) is 4.50. The minimum Gasteiger partial charge on any atom is -0.397 e. The highest BCUT2D eigenvalue weighted by Gasteiger charge is 2.28. The van der Waals surface area contributed by atoms with Crippen LogP contribution in [-0.2, 0) is 9.47 Å². The molecule has 21 heavy (non-hydrogen) atoms. The van der Waals surface area contributed by atoms with Crippen molar-refractivity contribution in [3.8, 4) is 0 Å². The second kappa shape index (κ2) is 6.77. The van der Waals surface area contributed by atoms with Gasteiger partial charge in [-0.15, -0.1) is 11.3 Å². The van der Waals surface area contributed by atoms with Gasteiger partial charge in [0.2, 0.25) is 0 Å². The maximum atomic E-state index is 12.7. The number of carbonyl (C=O) groups excluding carboxylic acids is 1. The van der Waals surface area contributed by atoms with E-state index in [9.17, 15) is 4.79 Å². The molecule has 0 saturated carbocycles. The zero-order valence-corrected chi connectivity index (χ0v) is 12.9. The van der Waals surface area contributed by atoms with Gasteiger partial charge in [-0.1, -0.05) is 0 Å². The molecule has 1 amide bonds. The SMILES string of the molecule is Nc1ccsc1C(=O)N(CC1CCCO1)CC1CCCO1. The molecule has 1 aromatic heterocycles. The monoisotopic (exact) mass is 310 g/mol. The number of nitrogen functional groups attached to an aromatic ring is 1. The maximum absolute atomic E-state index is 12.7. The van der Waals surface area contributed by atoms with Gasteiger partial charge in [0.1, 0.15) is 4.88 Å². The van der Waals surface area contributed by atoms with E-state index < -0.39 is 0 Å². The second-order valence-corrected chi connectivity index (χ2v) is 6.60. The molecule has 1 aromatic rings. The van der Waals surface area contributed by atoms with Crippen LogP contribution in [0, 0.1) is 0 Å². The van der Waals surface area contributed by atoms with Crippen molar-refractivity contribution >= 4 is 22.9 Å². The molecule has 3 heterocycles. The highest BCUT2D eigenvalue weighted by atomic mass is 32.1. The van der Waals surface area contributed by atoms with Gasteiger partial charge < -0.3 is 20.1 Å². The highest BCUT2D eigenvalue weighted by Crippen LogP contribution is 2.24. The Morgan fingerprint density at radius 1 is 1.24 bits per heavy atom. The van der Waals surface area contributed by atoms with Gasteiger partial charge in [-0.3, -0.25) is 4.79 Å². The number of nitrogens with zero attached hydrogens (tertiary/aromatic N) is 1. The molecule has 5 nitrogen and oxygen atoms in total. The number of thiophene rings is 1. The minimum atomic E-state index is 0.00787. The standard InChI is InChI=1S/C15H22N2O3S/c16-13-5-8-21-14(13)15(18)17(9-11-3-1-6-19-11)10-12-4-2-7-20-12/h5,8,11-12H,1-4,6-7,9-10,16H2. The van der Waals surface area contributed by atoms with Crippen molar-refractivity contribution in [2.45, 2.75) is 37.9 Å². The molecule has 3 rings (SSSR count). The van der Waals surface area contributed by atoms with E-state index in [1.807, 2.05) is 10.3 Å². The normalized spacial score (nSPS) is 25.3. The van der Waals surface area contributed by atoms with Crippen LogP contribution in [0.5, 0.6) is 0 Å². The number of hydrogen-bond acceptors (Lipinski definition) is 5. The van der Waals surface area contributed by atoms with Crippen LogP contribution in [0.3, 0.4) is 0 Å². The summed E-state index contributed by atoms with van der Waals surface area (Å²) >= 11 is 1.40. The third kappa shape index (κ3) is 3.56. The van der Waals surface area contributed by atoms with Crippen molar-refractivity contribution in [2.75, 3.05) is 32.0 Å². The first-order valence-corrected chi connectivity index (χ1v) is 8.47. The summed E-state index contributed by atoms with van der Waals surface area (Å²) in [6, 6.07) is 1.79. The minimum absolute atomic E-state index is 0.00787. The van der Waals surface area contributed by atoms with Gasteiger partial charge in [-0.05, 0) is 37.1 Å². The summed E-state index contributed by atoms with van der Waals surface area (Å²) in [7, 11) is 0. The maximum Gasteiger partial charge on any atom is 0.266 e. The zero-order valence-electron chi connectivity index (χ0n) is 12.1. The molecule has 2 N–H and O–H groups in total. The van der Waals surface area contributed by atoms with Crippen molar-refractivity contribution in [1.29, 1.82) is 0 Å². The van der Waals surface area contributed by atoms with E-state index in [-0.39, 0.29) is 18.1 Å². The average molecular weight is 310 g/mol. The Bertz CT molecular complexity index is 461. The van der Waals surface area contributed by atoms with Gasteiger partial charge in [0.25, 0.3) is 5.91 Å². The van der Waals surface area contributed by atoms with Crippen LogP contribution in [0.25, 0.3) is 0 Å². The first-order chi connectivity index (χ1) is 10.2. The number of anilines is 1. The molecule has 0 aliphatic carbocycles. The third-order valence-corrected chi connectivity index (χ3v) is 4.99. The number of nitrogens with two attached hydrogens (primary N) is 1. The number of hydrogen-bond donors (Lipinski definition) is 1. The van der Waals surface area contributed by atoms with Crippen LogP contribution in [0.4, 0.5) is 5.69 Å². The Kier molecular flexibility index (Phi) is 4.77. The molecule has 2 atom stereocenters. The van der Waals surface area contributed by atoms with Gasteiger partial charge >= 0.3 is 0 Å². The van der Waals surface area contributed by atoms with Gasteiger partial charge in [0.15, 0.2) is 0 Å². The van der Waals surface area contributed by atoms with Crippen LogP contribution >= 0.6 is 11.3 Å². The van der Waals surface area contributed by atoms with E-state index in [2.05, 4.69) is 0 Å². The molecule has 0 radical (unpaired) electrons. The van der Waals surface area contributed by atoms with Crippen molar-refractivity contribution in [1.82, 2.24) is 4.90 Å². The Hall–Kier alpha value is -1.11. The predicted octanol–water partition coefficient (Wildman–Crippen LogP) is 2.13. The number of ether oxygens (including phenoxy) is 2. The van der Waals surface area contributed by atoms with E-state index in [1.54, 1.807) is 6.07 Å². The van der Waals surface area contributed by atoms with Gasteiger partial charge in [-0.25, -0.2) is 0 Å². The lowest BCUT2D eigenvalue weighted by Crippen LogP contribution is -2.41. The van der Waals surface area contributed by atoms with Crippen LogP contribution in [-0.4, -0.2) is 49.3 Å². The smallest absolute Gasteiger partial charge is 0.266 e. The highest BCUT2D eigenvalue weighted by molar-refractivity contribution is 7.12. The molecule has 2 unspecified atom stereocenters. The van der Waals surface area contributed by atoms with Crippen LogP contribution in [0.15, 0.2) is 11.4 Å².